The first kappa shape index (κ1) is 16.8. The molecule has 0 aromatic heterocycles. The Bertz CT molecular complexity index is 816. The Morgan fingerprint density at radius 2 is 1.96 bits per heavy atom. The highest BCUT2D eigenvalue weighted by Gasteiger charge is 2.37. The van der Waals surface area contributed by atoms with Crippen LogP contribution in [0.4, 0.5) is 5.69 Å². The molecule has 0 saturated carbocycles. The molecule has 1 atom stereocenters. The lowest BCUT2D eigenvalue weighted by atomic mass is 10.1. The summed E-state index contributed by atoms with van der Waals surface area (Å²) >= 11 is 0. The van der Waals surface area contributed by atoms with E-state index < -0.39 is 6.04 Å². The molecule has 128 valence electrons. The van der Waals surface area contributed by atoms with Crippen LogP contribution in [-0.4, -0.2) is 18.4 Å². The highest BCUT2D eigenvalue weighted by atomic mass is 16.5. The van der Waals surface area contributed by atoms with Crippen LogP contribution in [0.3, 0.4) is 0 Å². The van der Waals surface area contributed by atoms with Crippen molar-refractivity contribution in [2.24, 2.45) is 0 Å². The number of para-hydroxylation sites is 2. The van der Waals surface area contributed by atoms with Gasteiger partial charge in [-0.15, -0.1) is 0 Å². The quantitative estimate of drug-likeness (QED) is 0.825. The van der Waals surface area contributed by atoms with E-state index in [0.717, 1.165) is 22.6 Å². The standard InChI is InChI=1S/C20H20N2O3/c1-3-12-25-18-11-7-4-8-15(18)13-22-17-10-6-5-9-16(17)19(20(22)24)21-14(2)23/h3-11,19H,1,12-13H2,2H3,(H,21,23)/t19-/m1/s1. The van der Waals surface area contributed by atoms with Crippen molar-refractivity contribution in [2.75, 3.05) is 11.5 Å². The van der Waals surface area contributed by atoms with Gasteiger partial charge < -0.3 is 15.0 Å². The summed E-state index contributed by atoms with van der Waals surface area (Å²) in [5.41, 5.74) is 2.52. The Morgan fingerprint density at radius 3 is 2.72 bits per heavy atom. The molecule has 2 aromatic carbocycles. The summed E-state index contributed by atoms with van der Waals surface area (Å²) in [6.07, 6.45) is 1.68. The van der Waals surface area contributed by atoms with Gasteiger partial charge in [0.2, 0.25) is 5.91 Å². The molecule has 0 unspecified atom stereocenters. The molecule has 0 radical (unpaired) electrons. The first-order valence-corrected chi connectivity index (χ1v) is 8.11. The number of carbonyl (C=O) groups excluding carboxylic acids is 2. The third-order valence-corrected chi connectivity index (χ3v) is 4.06. The van der Waals surface area contributed by atoms with Crippen molar-refractivity contribution in [3.8, 4) is 5.75 Å². The largest absolute Gasteiger partial charge is 0.489 e. The van der Waals surface area contributed by atoms with Crippen LogP contribution in [0.15, 0.2) is 61.2 Å². The Morgan fingerprint density at radius 1 is 1.24 bits per heavy atom. The zero-order valence-electron chi connectivity index (χ0n) is 14.1. The minimum absolute atomic E-state index is 0.144. The SMILES string of the molecule is C=CCOc1ccccc1CN1C(=O)[C@H](NC(C)=O)c2ccccc21. The number of amides is 2. The maximum atomic E-state index is 12.9. The monoisotopic (exact) mass is 336 g/mol. The van der Waals surface area contributed by atoms with E-state index in [1.54, 1.807) is 11.0 Å². The molecule has 0 aliphatic carbocycles. The van der Waals surface area contributed by atoms with E-state index in [1.807, 2.05) is 48.5 Å². The Balaban J connectivity index is 1.92. The second-order valence-corrected chi connectivity index (χ2v) is 5.82. The van der Waals surface area contributed by atoms with Crippen LogP contribution in [0.5, 0.6) is 5.75 Å². The first-order valence-electron chi connectivity index (χ1n) is 8.11. The second kappa shape index (κ2) is 7.21. The molecule has 0 saturated heterocycles. The van der Waals surface area contributed by atoms with Crippen LogP contribution in [0.25, 0.3) is 0 Å². The summed E-state index contributed by atoms with van der Waals surface area (Å²) in [7, 11) is 0. The van der Waals surface area contributed by atoms with Crippen LogP contribution in [0, 0.1) is 0 Å². The van der Waals surface area contributed by atoms with Crippen molar-refractivity contribution in [1.82, 2.24) is 5.32 Å². The van der Waals surface area contributed by atoms with Gasteiger partial charge in [-0.3, -0.25) is 9.59 Å². The lowest BCUT2D eigenvalue weighted by Crippen LogP contribution is -2.36. The van der Waals surface area contributed by atoms with E-state index in [1.165, 1.54) is 6.92 Å². The van der Waals surface area contributed by atoms with Gasteiger partial charge in [0.1, 0.15) is 18.4 Å². The highest BCUT2D eigenvalue weighted by Crippen LogP contribution is 2.37. The number of fused-ring (bicyclic) bond motifs is 1. The van der Waals surface area contributed by atoms with E-state index in [-0.39, 0.29) is 11.8 Å². The van der Waals surface area contributed by atoms with Gasteiger partial charge in [-0.1, -0.05) is 49.1 Å². The highest BCUT2D eigenvalue weighted by molar-refractivity contribution is 6.06. The van der Waals surface area contributed by atoms with E-state index in [4.69, 9.17) is 4.74 Å². The number of hydrogen-bond acceptors (Lipinski definition) is 3. The molecule has 5 heteroatoms. The zero-order chi connectivity index (χ0) is 17.8. The number of nitrogens with zero attached hydrogens (tertiary/aromatic N) is 1. The Hall–Kier alpha value is -3.08. The summed E-state index contributed by atoms with van der Waals surface area (Å²) in [6.45, 7) is 5.85. The smallest absolute Gasteiger partial charge is 0.254 e. The predicted molar refractivity (Wildman–Crippen MR) is 96.3 cm³/mol. The number of benzene rings is 2. The van der Waals surface area contributed by atoms with Gasteiger partial charge in [0.25, 0.3) is 5.91 Å². The van der Waals surface area contributed by atoms with E-state index in [9.17, 15) is 9.59 Å². The summed E-state index contributed by atoms with van der Waals surface area (Å²) in [5, 5.41) is 2.74. The van der Waals surface area contributed by atoms with Crippen LogP contribution < -0.4 is 15.0 Å². The third kappa shape index (κ3) is 3.40. The van der Waals surface area contributed by atoms with E-state index >= 15 is 0 Å². The molecule has 1 N–H and O–H groups in total. The van der Waals surface area contributed by atoms with Crippen LogP contribution in [0.2, 0.25) is 0 Å². The van der Waals surface area contributed by atoms with Crippen LogP contribution >= 0.6 is 0 Å². The predicted octanol–water partition coefficient (Wildman–Crippen LogP) is 2.98. The van der Waals surface area contributed by atoms with Gasteiger partial charge in [-0.2, -0.15) is 0 Å². The van der Waals surface area contributed by atoms with Gasteiger partial charge in [-0.25, -0.2) is 0 Å². The number of hydrogen-bond donors (Lipinski definition) is 1. The van der Waals surface area contributed by atoms with Crippen molar-refractivity contribution in [1.29, 1.82) is 0 Å². The van der Waals surface area contributed by atoms with Gasteiger partial charge in [0, 0.05) is 23.7 Å². The average molecular weight is 336 g/mol. The molecule has 5 nitrogen and oxygen atoms in total. The summed E-state index contributed by atoms with van der Waals surface area (Å²) in [4.78, 5) is 26.0. The van der Waals surface area contributed by atoms with Crippen molar-refractivity contribution in [3.63, 3.8) is 0 Å². The third-order valence-electron chi connectivity index (χ3n) is 4.06. The number of rotatable bonds is 6. The lowest BCUT2D eigenvalue weighted by molar-refractivity contribution is -0.126. The number of anilines is 1. The molecule has 3 rings (SSSR count). The Labute approximate surface area is 146 Å². The molecule has 0 bridgehead atoms. The zero-order valence-corrected chi connectivity index (χ0v) is 14.1. The maximum Gasteiger partial charge on any atom is 0.254 e. The average Bonchev–Trinajstić information content (AvgIpc) is 2.86. The van der Waals surface area contributed by atoms with Crippen LogP contribution in [-0.2, 0) is 16.1 Å². The molecule has 2 aromatic rings. The van der Waals surface area contributed by atoms with Gasteiger partial charge in [0.05, 0.1) is 6.54 Å². The first-order chi connectivity index (χ1) is 12.1. The van der Waals surface area contributed by atoms with Crippen molar-refractivity contribution < 1.29 is 14.3 Å². The normalized spacial score (nSPS) is 15.6. The van der Waals surface area contributed by atoms with Crippen molar-refractivity contribution in [3.05, 3.63) is 72.3 Å². The molecular weight excluding hydrogens is 316 g/mol. The van der Waals surface area contributed by atoms with E-state index in [2.05, 4.69) is 11.9 Å². The maximum absolute atomic E-state index is 12.9. The summed E-state index contributed by atoms with van der Waals surface area (Å²) in [5.74, 6) is 0.343. The molecule has 2 amide bonds. The number of ether oxygens (including phenoxy) is 1. The number of nitrogens with one attached hydrogen (secondary N) is 1. The number of carbonyl (C=O) groups is 2. The summed E-state index contributed by atoms with van der Waals surface area (Å²) in [6, 6.07) is 14.5. The fourth-order valence-corrected chi connectivity index (χ4v) is 2.99. The molecule has 1 heterocycles. The van der Waals surface area contributed by atoms with Gasteiger partial charge >= 0.3 is 0 Å². The van der Waals surface area contributed by atoms with E-state index in [0.29, 0.717) is 13.2 Å². The van der Waals surface area contributed by atoms with Crippen LogP contribution in [0.1, 0.15) is 24.1 Å². The molecule has 0 fully saturated rings. The lowest BCUT2D eigenvalue weighted by Gasteiger charge is -2.20. The van der Waals surface area contributed by atoms with Crippen molar-refractivity contribution in [2.45, 2.75) is 19.5 Å². The fourth-order valence-electron chi connectivity index (χ4n) is 2.99. The topological polar surface area (TPSA) is 58.6 Å². The summed E-state index contributed by atoms with van der Waals surface area (Å²) < 4.78 is 5.69. The van der Waals surface area contributed by atoms with Crippen molar-refractivity contribution >= 4 is 17.5 Å². The molecule has 1 aliphatic rings. The van der Waals surface area contributed by atoms with Gasteiger partial charge in [0.15, 0.2) is 0 Å². The molecular formula is C20H20N2O3. The Kier molecular flexibility index (Phi) is 4.84. The minimum Gasteiger partial charge on any atom is -0.489 e. The minimum atomic E-state index is -0.644. The van der Waals surface area contributed by atoms with Gasteiger partial charge in [-0.05, 0) is 12.1 Å². The molecule has 25 heavy (non-hydrogen) atoms. The molecule has 0 spiro atoms. The molecule has 1 aliphatic heterocycles. The fraction of sp³-hybridized carbons (Fsp3) is 0.200. The second-order valence-electron chi connectivity index (χ2n) is 5.82.